The van der Waals surface area contributed by atoms with Crippen molar-refractivity contribution in [3.05, 3.63) is 120 Å². The van der Waals surface area contributed by atoms with Gasteiger partial charge in [-0.15, -0.1) is 0 Å². The quantitative estimate of drug-likeness (QED) is 0.158. The fourth-order valence-corrected chi connectivity index (χ4v) is 6.20. The van der Waals surface area contributed by atoms with Crippen LogP contribution in [-0.4, -0.2) is 68.1 Å². The largest absolute Gasteiger partial charge is 0.479 e. The number of β-lactam (4-membered cyclic amide) rings is 1. The van der Waals surface area contributed by atoms with Crippen LogP contribution in [0.4, 0.5) is 14.5 Å². The van der Waals surface area contributed by atoms with Gasteiger partial charge in [0.15, 0.2) is 6.10 Å². The number of carbonyl (C=O) groups excluding carboxylic acids is 1. The number of aliphatic hydroxyl groups excluding tert-OH is 4. The highest BCUT2D eigenvalue weighted by atomic mass is 19.1. The van der Waals surface area contributed by atoms with Crippen LogP contribution in [0.15, 0.2) is 97.1 Å². The Kier molecular flexibility index (Phi) is 9.54. The van der Waals surface area contributed by atoms with Crippen LogP contribution in [0, 0.1) is 17.6 Å². The molecule has 2 saturated heterocycles. The highest BCUT2D eigenvalue weighted by molar-refractivity contribution is 6.03. The molecule has 5 N–H and O–H groups in total. The number of anilines is 1. The Morgan fingerprint density at radius 2 is 1.48 bits per heavy atom. The van der Waals surface area contributed by atoms with Gasteiger partial charge < -0.3 is 39.9 Å². The maximum Gasteiger partial charge on any atom is 0.335 e. The van der Waals surface area contributed by atoms with Gasteiger partial charge in [0.05, 0.1) is 18.1 Å². The summed E-state index contributed by atoms with van der Waals surface area (Å²) in [4.78, 5) is 26.5. The SMILES string of the molecule is O=C(O)[C@H]1O[C@@H](Oc2cccc(-c3ccc([C@@H]4[C@@H](CC[C@H](O)c5ccc(F)cc5)C(=O)N4c4ccc(F)cc4)cc3)c2)[C@H](O)[C@@H](O)[C@@H]1O. The lowest BCUT2D eigenvalue weighted by Crippen LogP contribution is -2.61. The zero-order valence-electron chi connectivity index (χ0n) is 25.3. The molecule has 2 aliphatic heterocycles. The van der Waals surface area contributed by atoms with E-state index in [1.54, 1.807) is 29.2 Å². The number of ether oxygens (including phenoxy) is 2. The van der Waals surface area contributed by atoms with Gasteiger partial charge >= 0.3 is 5.97 Å². The number of carboxylic acid groups (broad SMARTS) is 1. The summed E-state index contributed by atoms with van der Waals surface area (Å²) in [5.41, 5.74) is 3.34. The van der Waals surface area contributed by atoms with Gasteiger partial charge in [0.25, 0.3) is 0 Å². The first-order valence-electron chi connectivity index (χ1n) is 15.3. The van der Waals surface area contributed by atoms with E-state index in [1.807, 2.05) is 24.3 Å². The highest BCUT2D eigenvalue weighted by Gasteiger charge is 2.49. The highest BCUT2D eigenvalue weighted by Crippen LogP contribution is 2.46. The van der Waals surface area contributed by atoms with Crippen molar-refractivity contribution in [3.63, 3.8) is 0 Å². The molecule has 0 aliphatic carbocycles. The first-order chi connectivity index (χ1) is 23.0. The molecule has 8 atom stereocenters. The second kappa shape index (κ2) is 13.8. The van der Waals surface area contributed by atoms with Gasteiger partial charge in [-0.25, -0.2) is 13.6 Å². The van der Waals surface area contributed by atoms with Crippen LogP contribution >= 0.6 is 0 Å². The van der Waals surface area contributed by atoms with E-state index in [4.69, 9.17) is 9.47 Å². The first-order valence-corrected chi connectivity index (χ1v) is 15.3. The number of aliphatic carboxylic acids is 1. The number of benzene rings is 4. The fraction of sp³-hybridized carbons (Fsp3) is 0.278. The standard InChI is InChI=1S/C36H33F2NO9/c37-23-10-8-20(9-11-23)28(40)17-16-27-29(39(34(27)44)25-14-12-24(38)13-15-25)21-6-4-19(5-7-21)22-2-1-3-26(18-22)47-36-32(43)30(41)31(42)33(48-36)35(45)46/h1-15,18,27-33,36,40-43H,16-17H2,(H,45,46)/t27-,28+,29-,30+,31+,32-,33+,36-/m1/s1. The fourth-order valence-electron chi connectivity index (χ4n) is 6.20. The van der Waals surface area contributed by atoms with Gasteiger partial charge in [-0.1, -0.05) is 48.5 Å². The molecule has 2 heterocycles. The molecule has 0 aromatic heterocycles. The minimum absolute atomic E-state index is 0.165. The Bertz CT molecular complexity index is 1750. The molecule has 0 spiro atoms. The molecule has 2 aliphatic rings. The van der Waals surface area contributed by atoms with Crippen molar-refractivity contribution in [2.45, 2.75) is 55.7 Å². The summed E-state index contributed by atoms with van der Waals surface area (Å²) < 4.78 is 38.0. The van der Waals surface area contributed by atoms with Crippen LogP contribution in [0.5, 0.6) is 5.75 Å². The summed E-state index contributed by atoms with van der Waals surface area (Å²) in [7, 11) is 0. The minimum atomic E-state index is -1.84. The van der Waals surface area contributed by atoms with Crippen LogP contribution < -0.4 is 9.64 Å². The van der Waals surface area contributed by atoms with Crippen LogP contribution in [-0.2, 0) is 14.3 Å². The van der Waals surface area contributed by atoms with E-state index in [1.165, 1.54) is 48.5 Å². The number of nitrogens with zero attached hydrogens (tertiary/aromatic N) is 1. The Labute approximate surface area is 274 Å². The van der Waals surface area contributed by atoms with Crippen molar-refractivity contribution < 1.29 is 53.4 Å². The lowest BCUT2D eigenvalue weighted by molar-refractivity contribution is -0.271. The van der Waals surface area contributed by atoms with E-state index in [2.05, 4.69) is 0 Å². The van der Waals surface area contributed by atoms with Crippen molar-refractivity contribution in [1.82, 2.24) is 0 Å². The van der Waals surface area contributed by atoms with E-state index < -0.39 is 66.4 Å². The molecule has 0 saturated carbocycles. The monoisotopic (exact) mass is 661 g/mol. The lowest BCUT2D eigenvalue weighted by atomic mass is 9.78. The number of amides is 1. The van der Waals surface area contributed by atoms with Gasteiger partial charge in [-0.05, 0) is 83.6 Å². The minimum Gasteiger partial charge on any atom is -0.479 e. The van der Waals surface area contributed by atoms with Crippen molar-refractivity contribution in [1.29, 1.82) is 0 Å². The number of hydrogen-bond donors (Lipinski definition) is 5. The van der Waals surface area contributed by atoms with Crippen molar-refractivity contribution >= 4 is 17.6 Å². The van der Waals surface area contributed by atoms with Gasteiger partial charge in [-0.3, -0.25) is 4.79 Å². The molecular weight excluding hydrogens is 628 g/mol. The average molecular weight is 662 g/mol. The molecule has 0 unspecified atom stereocenters. The molecule has 10 nitrogen and oxygen atoms in total. The summed E-state index contributed by atoms with van der Waals surface area (Å²) in [5, 5.41) is 50.4. The average Bonchev–Trinajstić information content (AvgIpc) is 3.08. The predicted octanol–water partition coefficient (Wildman–Crippen LogP) is 4.12. The van der Waals surface area contributed by atoms with Gasteiger partial charge in [-0.2, -0.15) is 0 Å². The normalized spacial score (nSPS) is 26.1. The van der Waals surface area contributed by atoms with E-state index >= 15 is 0 Å². The number of hydrogen-bond acceptors (Lipinski definition) is 8. The van der Waals surface area contributed by atoms with Crippen molar-refractivity contribution in [2.75, 3.05) is 4.90 Å². The van der Waals surface area contributed by atoms with Crippen LogP contribution in [0.1, 0.15) is 36.1 Å². The lowest BCUT2D eigenvalue weighted by Gasteiger charge is -2.48. The maximum absolute atomic E-state index is 13.7. The number of halogens is 2. The number of rotatable bonds is 10. The Hall–Kier alpha value is -4.72. The van der Waals surface area contributed by atoms with Gasteiger partial charge in [0, 0.05) is 5.69 Å². The summed E-state index contributed by atoms with van der Waals surface area (Å²) in [6.45, 7) is 0. The molecule has 250 valence electrons. The van der Waals surface area contributed by atoms with Crippen LogP contribution in [0.25, 0.3) is 11.1 Å². The van der Waals surface area contributed by atoms with Gasteiger partial charge in [0.2, 0.25) is 12.2 Å². The summed E-state index contributed by atoms with van der Waals surface area (Å²) in [6, 6.07) is 24.9. The second-order valence-electron chi connectivity index (χ2n) is 11.9. The molecule has 4 aromatic rings. The first kappa shape index (κ1) is 33.2. The van der Waals surface area contributed by atoms with Crippen molar-refractivity contribution in [3.8, 4) is 16.9 Å². The number of carboxylic acids is 1. The van der Waals surface area contributed by atoms with Crippen LogP contribution in [0.3, 0.4) is 0 Å². The Balaban J connectivity index is 1.21. The van der Waals surface area contributed by atoms with E-state index in [9.17, 15) is 43.9 Å². The molecule has 4 aromatic carbocycles. The Morgan fingerprint density at radius 1 is 0.833 bits per heavy atom. The van der Waals surface area contributed by atoms with E-state index in [0.29, 0.717) is 23.2 Å². The smallest absolute Gasteiger partial charge is 0.335 e. The molecule has 1 amide bonds. The number of aliphatic hydroxyl groups is 4. The zero-order chi connectivity index (χ0) is 34.1. The van der Waals surface area contributed by atoms with E-state index in [0.717, 1.165) is 11.1 Å². The Morgan fingerprint density at radius 3 is 2.12 bits per heavy atom. The van der Waals surface area contributed by atoms with Gasteiger partial charge in [0.1, 0.15) is 35.7 Å². The van der Waals surface area contributed by atoms with E-state index in [-0.39, 0.29) is 18.1 Å². The summed E-state index contributed by atoms with van der Waals surface area (Å²) in [5.74, 6) is -2.80. The molecule has 48 heavy (non-hydrogen) atoms. The third-order valence-electron chi connectivity index (χ3n) is 8.81. The van der Waals surface area contributed by atoms with Crippen LogP contribution in [0.2, 0.25) is 0 Å². The molecule has 0 radical (unpaired) electrons. The third kappa shape index (κ3) is 6.66. The molecule has 0 bridgehead atoms. The zero-order valence-corrected chi connectivity index (χ0v) is 25.3. The van der Waals surface area contributed by atoms with Crippen molar-refractivity contribution in [2.24, 2.45) is 5.92 Å². The number of carbonyl (C=O) groups is 2. The predicted molar refractivity (Wildman–Crippen MR) is 168 cm³/mol. The molecule has 12 heteroatoms. The second-order valence-corrected chi connectivity index (χ2v) is 11.9. The maximum atomic E-state index is 13.7. The third-order valence-corrected chi connectivity index (χ3v) is 8.81. The molecule has 2 fully saturated rings. The topological polar surface area (TPSA) is 157 Å². The summed E-state index contributed by atoms with van der Waals surface area (Å²) >= 11 is 0. The molecular formula is C36H33F2NO9. The molecule has 6 rings (SSSR count). The summed E-state index contributed by atoms with van der Waals surface area (Å²) in [6.07, 6.45) is -8.98.